The third-order valence-corrected chi connectivity index (χ3v) is 7.31. The highest BCUT2D eigenvalue weighted by molar-refractivity contribution is 7.99. The van der Waals surface area contributed by atoms with E-state index in [4.69, 9.17) is 4.74 Å². The molecule has 1 saturated heterocycles. The van der Waals surface area contributed by atoms with E-state index in [0.717, 1.165) is 29.7 Å². The van der Waals surface area contributed by atoms with Crippen molar-refractivity contribution in [2.75, 3.05) is 5.75 Å². The lowest BCUT2D eigenvalue weighted by molar-refractivity contribution is -0.143. The van der Waals surface area contributed by atoms with E-state index in [-0.39, 0.29) is 35.1 Å². The number of hydrogen-bond donors (Lipinski definition) is 0. The van der Waals surface area contributed by atoms with Crippen LogP contribution in [0.15, 0.2) is 52.5 Å². The molecule has 3 aliphatic rings. The number of esters is 1. The Morgan fingerprint density at radius 3 is 2.65 bits per heavy atom. The minimum Gasteiger partial charge on any atom is -0.457 e. The van der Waals surface area contributed by atoms with Crippen LogP contribution in [0.3, 0.4) is 0 Å². The summed E-state index contributed by atoms with van der Waals surface area (Å²) < 4.78 is 5.84. The lowest BCUT2D eigenvalue weighted by atomic mass is 9.62. The number of ketones is 1. The molecule has 3 nitrogen and oxygen atoms in total. The summed E-state index contributed by atoms with van der Waals surface area (Å²) in [5, 5.41) is 0. The molecule has 0 amide bonds. The Bertz CT molecular complexity index is 820. The number of aryl methyl sites for hydroxylation is 1. The summed E-state index contributed by atoms with van der Waals surface area (Å²) in [6.45, 7) is 6.11. The Labute approximate surface area is 158 Å². The van der Waals surface area contributed by atoms with Crippen molar-refractivity contribution in [2.24, 2.45) is 17.3 Å². The van der Waals surface area contributed by atoms with Gasteiger partial charge in [-0.2, -0.15) is 0 Å². The maximum atomic E-state index is 12.6. The first-order chi connectivity index (χ1) is 12.4. The Kier molecular flexibility index (Phi) is 4.34. The van der Waals surface area contributed by atoms with Gasteiger partial charge in [-0.3, -0.25) is 9.59 Å². The number of thioether (sulfide) groups is 1. The van der Waals surface area contributed by atoms with Gasteiger partial charge < -0.3 is 4.74 Å². The molecule has 0 spiro atoms. The van der Waals surface area contributed by atoms with Gasteiger partial charge in [0.15, 0.2) is 5.78 Å². The minimum absolute atomic E-state index is 0.0478. The predicted molar refractivity (Wildman–Crippen MR) is 103 cm³/mol. The number of hydrogen-bond acceptors (Lipinski definition) is 4. The van der Waals surface area contributed by atoms with E-state index >= 15 is 0 Å². The molecule has 4 atom stereocenters. The van der Waals surface area contributed by atoms with Gasteiger partial charge >= 0.3 is 5.97 Å². The van der Waals surface area contributed by atoms with Crippen LogP contribution in [0.4, 0.5) is 0 Å². The second kappa shape index (κ2) is 6.41. The first-order valence-corrected chi connectivity index (χ1v) is 10.2. The van der Waals surface area contributed by atoms with Crippen molar-refractivity contribution in [2.45, 2.75) is 44.6 Å². The van der Waals surface area contributed by atoms with E-state index in [1.165, 1.54) is 10.5 Å². The monoisotopic (exact) mass is 368 g/mol. The van der Waals surface area contributed by atoms with Gasteiger partial charge in [0.2, 0.25) is 0 Å². The fourth-order valence-corrected chi connectivity index (χ4v) is 5.67. The zero-order chi connectivity index (χ0) is 18.5. The van der Waals surface area contributed by atoms with Gasteiger partial charge in [0.25, 0.3) is 0 Å². The van der Waals surface area contributed by atoms with Crippen molar-refractivity contribution in [1.82, 2.24) is 0 Å². The fourth-order valence-electron chi connectivity index (χ4n) is 4.58. The Hall–Kier alpha value is -1.81. The second-order valence-corrected chi connectivity index (χ2v) is 9.04. The highest BCUT2D eigenvalue weighted by atomic mass is 32.2. The molecule has 1 saturated carbocycles. The molecule has 1 aliphatic heterocycles. The predicted octanol–water partition coefficient (Wildman–Crippen LogP) is 4.50. The van der Waals surface area contributed by atoms with Crippen LogP contribution in [0.2, 0.25) is 0 Å². The van der Waals surface area contributed by atoms with Crippen LogP contribution in [-0.2, 0) is 14.3 Å². The maximum Gasteiger partial charge on any atom is 0.310 e. The van der Waals surface area contributed by atoms with E-state index in [0.29, 0.717) is 0 Å². The van der Waals surface area contributed by atoms with E-state index in [2.05, 4.69) is 38.1 Å². The zero-order valence-corrected chi connectivity index (χ0v) is 16.3. The molecule has 2 aliphatic carbocycles. The molecule has 1 aromatic carbocycles. The van der Waals surface area contributed by atoms with Gasteiger partial charge in [0.1, 0.15) is 6.10 Å². The van der Waals surface area contributed by atoms with Crippen LogP contribution >= 0.6 is 11.8 Å². The molecule has 1 aromatic rings. The van der Waals surface area contributed by atoms with Crippen LogP contribution in [-0.4, -0.2) is 23.6 Å². The average Bonchev–Trinajstić information content (AvgIpc) is 2.93. The molecule has 4 rings (SSSR count). The number of carbonyl (C=O) groups excluding carboxylic acids is 2. The van der Waals surface area contributed by atoms with E-state index in [1.54, 1.807) is 17.8 Å². The highest BCUT2D eigenvalue weighted by Gasteiger charge is 2.54. The average molecular weight is 368 g/mol. The maximum absolute atomic E-state index is 12.6. The third kappa shape index (κ3) is 2.84. The highest BCUT2D eigenvalue weighted by Crippen LogP contribution is 2.53. The zero-order valence-electron chi connectivity index (χ0n) is 15.5. The van der Waals surface area contributed by atoms with Crippen LogP contribution < -0.4 is 0 Å². The summed E-state index contributed by atoms with van der Waals surface area (Å²) in [6.07, 6.45) is 5.38. The van der Waals surface area contributed by atoms with Crippen molar-refractivity contribution < 1.29 is 14.3 Å². The number of fused-ring (bicyclic) bond motifs is 3. The van der Waals surface area contributed by atoms with Gasteiger partial charge in [0.05, 0.1) is 5.92 Å². The number of rotatable bonds is 3. The summed E-state index contributed by atoms with van der Waals surface area (Å²) in [5.41, 5.74) is 2.89. The molecular weight excluding hydrogens is 344 g/mol. The van der Waals surface area contributed by atoms with Crippen molar-refractivity contribution in [3.63, 3.8) is 0 Å². The minimum atomic E-state index is -0.237. The summed E-state index contributed by atoms with van der Waals surface area (Å²) in [6, 6.07) is 8.40. The molecule has 0 N–H and O–H groups in total. The van der Waals surface area contributed by atoms with Crippen molar-refractivity contribution >= 4 is 23.5 Å². The standard InChI is InChI=1S/C22H24O3S/c1-13-4-6-15(7-5-13)26-12-17-16-8-10-22(3)11-9-18(23)14(2)19(22)20(16)25-21(17)24/h4-7,9,11,16-17,20H,8,10,12H2,1-3H3/t16-,17-,20-,22-/m0/s1. The molecule has 0 radical (unpaired) electrons. The first-order valence-electron chi connectivity index (χ1n) is 9.24. The molecule has 1 heterocycles. The Morgan fingerprint density at radius 2 is 1.92 bits per heavy atom. The Balaban J connectivity index is 1.56. The van der Waals surface area contributed by atoms with E-state index in [9.17, 15) is 9.59 Å². The van der Waals surface area contributed by atoms with Gasteiger partial charge in [-0.1, -0.05) is 30.7 Å². The van der Waals surface area contributed by atoms with Crippen LogP contribution in [0.1, 0.15) is 32.3 Å². The van der Waals surface area contributed by atoms with Gasteiger partial charge in [-0.25, -0.2) is 0 Å². The van der Waals surface area contributed by atoms with Gasteiger partial charge in [-0.15, -0.1) is 11.8 Å². The molecule has 0 bridgehead atoms. The molecule has 4 heteroatoms. The molecule has 2 fully saturated rings. The number of carbonyl (C=O) groups is 2. The smallest absolute Gasteiger partial charge is 0.310 e. The lowest BCUT2D eigenvalue weighted by Gasteiger charge is -2.43. The number of benzene rings is 1. The SMILES string of the molecule is CC1=C2[C@H]3OC(=O)[C@@H](CSc4ccc(C)cc4)[C@@H]3CC[C@@]2(C)C=CC1=O. The normalized spacial score (nSPS) is 33.1. The summed E-state index contributed by atoms with van der Waals surface area (Å²) in [7, 11) is 0. The number of ether oxygens (including phenoxy) is 1. The van der Waals surface area contributed by atoms with Crippen molar-refractivity contribution in [1.29, 1.82) is 0 Å². The molecular formula is C22H24O3S. The number of allylic oxidation sites excluding steroid dienone is 3. The van der Waals surface area contributed by atoms with Crippen LogP contribution in [0, 0.1) is 24.2 Å². The lowest BCUT2D eigenvalue weighted by Crippen LogP contribution is -2.40. The van der Waals surface area contributed by atoms with Crippen LogP contribution in [0.5, 0.6) is 0 Å². The summed E-state index contributed by atoms with van der Waals surface area (Å²) in [4.78, 5) is 26.0. The summed E-state index contributed by atoms with van der Waals surface area (Å²) >= 11 is 1.72. The van der Waals surface area contributed by atoms with Gasteiger partial charge in [0, 0.05) is 27.6 Å². The first kappa shape index (κ1) is 17.6. The van der Waals surface area contributed by atoms with E-state index < -0.39 is 0 Å². The largest absolute Gasteiger partial charge is 0.457 e. The molecule has 0 aromatic heterocycles. The summed E-state index contributed by atoms with van der Waals surface area (Å²) in [5.74, 6) is 0.753. The van der Waals surface area contributed by atoms with Gasteiger partial charge in [-0.05, 0) is 50.5 Å². The van der Waals surface area contributed by atoms with Crippen LogP contribution in [0.25, 0.3) is 0 Å². The topological polar surface area (TPSA) is 43.4 Å². The molecule has 136 valence electrons. The fraction of sp³-hybridized carbons (Fsp3) is 0.455. The van der Waals surface area contributed by atoms with Crippen molar-refractivity contribution in [3.05, 3.63) is 53.1 Å². The molecule has 26 heavy (non-hydrogen) atoms. The quantitative estimate of drug-likeness (QED) is 0.582. The Morgan fingerprint density at radius 1 is 1.19 bits per heavy atom. The second-order valence-electron chi connectivity index (χ2n) is 7.94. The van der Waals surface area contributed by atoms with Crippen molar-refractivity contribution in [3.8, 4) is 0 Å². The van der Waals surface area contributed by atoms with E-state index in [1.807, 2.05) is 13.0 Å². The molecule has 0 unspecified atom stereocenters. The third-order valence-electron chi connectivity index (χ3n) is 6.18.